The predicted octanol–water partition coefficient (Wildman–Crippen LogP) is 4.24. The van der Waals surface area contributed by atoms with Gasteiger partial charge in [-0.05, 0) is 24.6 Å². The van der Waals surface area contributed by atoms with Crippen molar-refractivity contribution in [3.8, 4) is 11.5 Å². The fourth-order valence-corrected chi connectivity index (χ4v) is 1.65. The van der Waals surface area contributed by atoms with Crippen LogP contribution in [0.5, 0.6) is 0 Å². The molecule has 3 nitrogen and oxygen atoms in total. The summed E-state index contributed by atoms with van der Waals surface area (Å²) in [5, 5.41) is 8.63. The molecule has 0 saturated heterocycles. The van der Waals surface area contributed by atoms with Gasteiger partial charge in [0.05, 0.1) is 4.83 Å². The Morgan fingerprint density at radius 2 is 2.25 bits per heavy atom. The van der Waals surface area contributed by atoms with E-state index in [1.165, 1.54) is 0 Å². The fourth-order valence-electron chi connectivity index (χ4n) is 1.27. The topological polar surface area (TPSA) is 38.9 Å². The van der Waals surface area contributed by atoms with Gasteiger partial charge in [0, 0.05) is 10.6 Å². The van der Waals surface area contributed by atoms with Crippen LogP contribution in [0.1, 0.15) is 24.1 Å². The van der Waals surface area contributed by atoms with E-state index in [9.17, 15) is 0 Å². The third kappa shape index (κ3) is 2.44. The van der Waals surface area contributed by atoms with Crippen LogP contribution in [0.2, 0.25) is 5.02 Å². The van der Waals surface area contributed by atoms with Crippen LogP contribution in [0.4, 0.5) is 0 Å². The summed E-state index contributed by atoms with van der Waals surface area (Å²) in [5.74, 6) is 1.09. The molecule has 0 aliphatic heterocycles. The van der Waals surface area contributed by atoms with E-state index in [0.717, 1.165) is 12.0 Å². The number of rotatable bonds is 3. The third-order valence-electron chi connectivity index (χ3n) is 2.14. The molecule has 1 unspecified atom stereocenters. The average Bonchev–Trinajstić information content (AvgIpc) is 2.77. The zero-order chi connectivity index (χ0) is 11.5. The van der Waals surface area contributed by atoms with E-state index in [-0.39, 0.29) is 4.83 Å². The van der Waals surface area contributed by atoms with Gasteiger partial charge < -0.3 is 4.42 Å². The van der Waals surface area contributed by atoms with Gasteiger partial charge in [-0.15, -0.1) is 10.2 Å². The molecule has 0 aliphatic rings. The monoisotopic (exact) mass is 300 g/mol. The molecule has 16 heavy (non-hydrogen) atoms. The van der Waals surface area contributed by atoms with E-state index in [2.05, 4.69) is 26.1 Å². The summed E-state index contributed by atoms with van der Waals surface area (Å²) < 4.78 is 5.55. The summed E-state index contributed by atoms with van der Waals surface area (Å²) in [4.78, 5) is 0.105. The normalized spacial score (nSPS) is 12.7. The molecular weight excluding hydrogens is 291 g/mol. The second-order valence-electron chi connectivity index (χ2n) is 3.33. The highest BCUT2D eigenvalue weighted by molar-refractivity contribution is 9.09. The van der Waals surface area contributed by atoms with Crippen LogP contribution in [0.25, 0.3) is 11.5 Å². The lowest BCUT2D eigenvalue weighted by Crippen LogP contribution is -1.86. The van der Waals surface area contributed by atoms with Gasteiger partial charge in [-0.25, -0.2) is 0 Å². The van der Waals surface area contributed by atoms with Crippen molar-refractivity contribution in [3.05, 3.63) is 35.2 Å². The van der Waals surface area contributed by atoms with Gasteiger partial charge in [-0.1, -0.05) is 40.5 Å². The number of hydrogen-bond donors (Lipinski definition) is 0. The van der Waals surface area contributed by atoms with Gasteiger partial charge in [0.1, 0.15) is 0 Å². The maximum atomic E-state index is 5.89. The minimum atomic E-state index is 0.105. The van der Waals surface area contributed by atoms with E-state index >= 15 is 0 Å². The minimum Gasteiger partial charge on any atom is -0.419 e. The summed E-state index contributed by atoms with van der Waals surface area (Å²) in [7, 11) is 0. The van der Waals surface area contributed by atoms with Crippen molar-refractivity contribution < 1.29 is 4.42 Å². The second kappa shape index (κ2) is 4.97. The van der Waals surface area contributed by atoms with Gasteiger partial charge in [-0.3, -0.25) is 0 Å². The van der Waals surface area contributed by atoms with E-state index in [0.29, 0.717) is 16.8 Å². The molecule has 1 aromatic heterocycles. The number of aromatic nitrogens is 2. The SMILES string of the molecule is CCC(Br)c1nnc(-c2cccc(Cl)c2)o1. The highest BCUT2D eigenvalue weighted by atomic mass is 79.9. The van der Waals surface area contributed by atoms with Gasteiger partial charge in [0.15, 0.2) is 0 Å². The predicted molar refractivity (Wildman–Crippen MR) is 66.7 cm³/mol. The molecule has 0 amide bonds. The molecule has 2 aromatic rings. The molecule has 0 saturated carbocycles. The smallest absolute Gasteiger partial charge is 0.247 e. The highest BCUT2D eigenvalue weighted by Gasteiger charge is 2.14. The lowest BCUT2D eigenvalue weighted by atomic mass is 10.2. The molecule has 0 spiro atoms. The van der Waals surface area contributed by atoms with Crippen molar-refractivity contribution in [2.75, 3.05) is 0 Å². The Kier molecular flexibility index (Phi) is 3.61. The van der Waals surface area contributed by atoms with Crippen molar-refractivity contribution in [2.24, 2.45) is 0 Å². The van der Waals surface area contributed by atoms with Crippen molar-refractivity contribution in [3.63, 3.8) is 0 Å². The Morgan fingerprint density at radius 3 is 2.94 bits per heavy atom. The molecule has 0 bridgehead atoms. The molecule has 84 valence electrons. The summed E-state index contributed by atoms with van der Waals surface area (Å²) >= 11 is 9.36. The van der Waals surface area contributed by atoms with E-state index in [4.69, 9.17) is 16.0 Å². The Labute approximate surface area is 107 Å². The van der Waals surface area contributed by atoms with Gasteiger partial charge in [0.2, 0.25) is 11.8 Å². The first kappa shape index (κ1) is 11.6. The first-order valence-electron chi connectivity index (χ1n) is 4.94. The number of halogens is 2. The van der Waals surface area contributed by atoms with E-state index < -0.39 is 0 Å². The number of alkyl halides is 1. The second-order valence-corrected chi connectivity index (χ2v) is 4.87. The molecule has 0 fully saturated rings. The highest BCUT2D eigenvalue weighted by Crippen LogP contribution is 2.28. The molecule has 0 aliphatic carbocycles. The van der Waals surface area contributed by atoms with Crippen molar-refractivity contribution in [1.29, 1.82) is 0 Å². The number of benzene rings is 1. The van der Waals surface area contributed by atoms with E-state index in [1.807, 2.05) is 25.1 Å². The lowest BCUT2D eigenvalue weighted by molar-refractivity contribution is 0.500. The van der Waals surface area contributed by atoms with Crippen LogP contribution in [0.15, 0.2) is 28.7 Å². The fraction of sp³-hybridized carbons (Fsp3) is 0.273. The van der Waals surface area contributed by atoms with Gasteiger partial charge in [-0.2, -0.15) is 0 Å². The van der Waals surface area contributed by atoms with Crippen LogP contribution in [0.3, 0.4) is 0 Å². The Morgan fingerprint density at radius 1 is 1.44 bits per heavy atom. The Bertz CT molecular complexity index is 486. The largest absolute Gasteiger partial charge is 0.419 e. The lowest BCUT2D eigenvalue weighted by Gasteiger charge is -1.98. The maximum absolute atomic E-state index is 5.89. The molecule has 1 aromatic carbocycles. The zero-order valence-corrected chi connectivity index (χ0v) is 11.0. The summed E-state index contributed by atoms with van der Waals surface area (Å²) in [6, 6.07) is 7.35. The summed E-state index contributed by atoms with van der Waals surface area (Å²) in [6.45, 7) is 2.04. The molecule has 0 N–H and O–H groups in total. The summed E-state index contributed by atoms with van der Waals surface area (Å²) in [6.07, 6.45) is 0.900. The van der Waals surface area contributed by atoms with Gasteiger partial charge in [0.25, 0.3) is 0 Å². The molecule has 1 atom stereocenters. The molecule has 1 heterocycles. The van der Waals surface area contributed by atoms with Crippen molar-refractivity contribution in [2.45, 2.75) is 18.2 Å². The summed E-state index contributed by atoms with van der Waals surface area (Å²) in [5.41, 5.74) is 0.835. The van der Waals surface area contributed by atoms with Crippen LogP contribution < -0.4 is 0 Å². The molecule has 5 heteroatoms. The van der Waals surface area contributed by atoms with Crippen molar-refractivity contribution in [1.82, 2.24) is 10.2 Å². The number of nitrogens with zero attached hydrogens (tertiary/aromatic N) is 2. The average molecular weight is 302 g/mol. The Balaban J connectivity index is 2.31. The Hall–Kier alpha value is -0.870. The maximum Gasteiger partial charge on any atom is 0.247 e. The van der Waals surface area contributed by atoms with Crippen LogP contribution in [0, 0.1) is 0 Å². The standard InChI is InChI=1S/C11H10BrClN2O/c1-2-9(12)11-15-14-10(16-11)7-4-3-5-8(13)6-7/h3-6,9H,2H2,1H3. The van der Waals surface area contributed by atoms with Crippen LogP contribution >= 0.6 is 27.5 Å². The minimum absolute atomic E-state index is 0.105. The quantitative estimate of drug-likeness (QED) is 0.796. The van der Waals surface area contributed by atoms with Crippen LogP contribution in [-0.4, -0.2) is 10.2 Å². The zero-order valence-electron chi connectivity index (χ0n) is 8.65. The van der Waals surface area contributed by atoms with Crippen molar-refractivity contribution >= 4 is 27.5 Å². The van der Waals surface area contributed by atoms with E-state index in [1.54, 1.807) is 6.07 Å². The molecule has 0 radical (unpaired) electrons. The third-order valence-corrected chi connectivity index (χ3v) is 3.41. The van der Waals surface area contributed by atoms with Crippen LogP contribution in [-0.2, 0) is 0 Å². The molecule has 2 rings (SSSR count). The number of hydrogen-bond acceptors (Lipinski definition) is 3. The molecular formula is C11H10BrClN2O. The van der Waals surface area contributed by atoms with Gasteiger partial charge >= 0.3 is 0 Å². The first-order chi connectivity index (χ1) is 7.70. The first-order valence-corrected chi connectivity index (χ1v) is 6.23.